The van der Waals surface area contributed by atoms with Crippen molar-refractivity contribution in [3.63, 3.8) is 0 Å². The average molecular weight is 505 g/mol. The van der Waals surface area contributed by atoms with Crippen LogP contribution in [0.4, 0.5) is 15.7 Å². The minimum Gasteiger partial charge on any atom is -0.476 e. The van der Waals surface area contributed by atoms with Crippen LogP contribution in [0, 0.1) is 0 Å². The number of anilines is 2. The zero-order chi connectivity index (χ0) is 25.6. The Balaban J connectivity index is 1.49. The van der Waals surface area contributed by atoms with Gasteiger partial charge in [0.15, 0.2) is 5.13 Å². The number of thiazole rings is 1. The van der Waals surface area contributed by atoms with Crippen molar-refractivity contribution in [3.8, 4) is 5.88 Å². The number of likely N-dealkylation sites (N-methyl/N-ethyl adjacent to an activating group) is 1. The topological polar surface area (TPSA) is 119 Å². The van der Waals surface area contributed by atoms with Crippen LogP contribution in [0.5, 0.6) is 5.88 Å². The molecule has 2 amide bonds. The molecule has 2 aromatic heterocycles. The van der Waals surface area contributed by atoms with Crippen molar-refractivity contribution in [1.82, 2.24) is 25.2 Å². The summed E-state index contributed by atoms with van der Waals surface area (Å²) in [6, 6.07) is 1.04. The molecule has 1 aliphatic rings. The van der Waals surface area contributed by atoms with Gasteiger partial charge in [0.1, 0.15) is 29.9 Å². The summed E-state index contributed by atoms with van der Waals surface area (Å²) in [4.78, 5) is 40.6. The quantitative estimate of drug-likeness (QED) is 0.461. The van der Waals surface area contributed by atoms with Gasteiger partial charge in [0, 0.05) is 30.6 Å². The highest BCUT2D eigenvalue weighted by Crippen LogP contribution is 2.40. The summed E-state index contributed by atoms with van der Waals surface area (Å²) in [6.45, 7) is 9.44. The second-order valence-corrected chi connectivity index (χ2v) is 10.7. The Bertz CT molecular complexity index is 1020. The van der Waals surface area contributed by atoms with Gasteiger partial charge in [-0.05, 0) is 46.5 Å². The van der Waals surface area contributed by atoms with Gasteiger partial charge >= 0.3 is 6.09 Å². The SMILES string of the molecule is CCc1nc(Nc2ncc(C3CCC3)s2)cc(OCCNC(=O)[C@H](C)N(C)C(=O)OC(C)(C)C)n1. The molecule has 10 nitrogen and oxygen atoms in total. The van der Waals surface area contributed by atoms with Crippen molar-refractivity contribution in [3.05, 3.63) is 23.0 Å². The molecule has 1 fully saturated rings. The number of hydrogen-bond donors (Lipinski definition) is 2. The molecule has 0 unspecified atom stereocenters. The first kappa shape index (κ1) is 26.7. The molecule has 1 aliphatic carbocycles. The van der Waals surface area contributed by atoms with Gasteiger partial charge in [-0.15, -0.1) is 11.3 Å². The summed E-state index contributed by atoms with van der Waals surface area (Å²) >= 11 is 1.66. The van der Waals surface area contributed by atoms with Gasteiger partial charge < -0.3 is 20.1 Å². The third-order valence-electron chi connectivity index (χ3n) is 5.62. The number of hydrogen-bond acceptors (Lipinski definition) is 9. The maximum atomic E-state index is 12.4. The Kier molecular flexibility index (Phi) is 8.87. The van der Waals surface area contributed by atoms with Crippen LogP contribution in [0.2, 0.25) is 0 Å². The van der Waals surface area contributed by atoms with Gasteiger partial charge in [-0.25, -0.2) is 14.8 Å². The molecule has 0 aliphatic heterocycles. The molecule has 2 aromatic rings. The maximum absolute atomic E-state index is 12.4. The van der Waals surface area contributed by atoms with Crippen LogP contribution in [-0.4, -0.2) is 63.7 Å². The monoisotopic (exact) mass is 504 g/mol. The summed E-state index contributed by atoms with van der Waals surface area (Å²) in [5.74, 6) is 2.03. The first-order chi connectivity index (χ1) is 16.6. The van der Waals surface area contributed by atoms with Crippen LogP contribution >= 0.6 is 11.3 Å². The van der Waals surface area contributed by atoms with E-state index >= 15 is 0 Å². The Labute approximate surface area is 210 Å². The summed E-state index contributed by atoms with van der Waals surface area (Å²) in [6.07, 6.45) is 5.81. The number of nitrogens with zero attached hydrogens (tertiary/aromatic N) is 4. The lowest BCUT2D eigenvalue weighted by atomic mass is 9.85. The van der Waals surface area contributed by atoms with Crippen LogP contribution in [0.1, 0.15) is 70.5 Å². The molecule has 35 heavy (non-hydrogen) atoms. The molecule has 2 N–H and O–H groups in total. The van der Waals surface area contributed by atoms with E-state index in [0.29, 0.717) is 29.9 Å². The largest absolute Gasteiger partial charge is 0.476 e. The molecule has 1 saturated carbocycles. The number of aromatic nitrogens is 3. The van der Waals surface area contributed by atoms with Crippen molar-refractivity contribution >= 4 is 34.3 Å². The minimum atomic E-state index is -0.686. The molecule has 11 heteroatoms. The standard InChI is InChI=1S/C24H36N6O4S/c1-7-18-27-19(29-22-26-14-17(35-22)16-9-8-10-16)13-20(28-18)33-12-11-25-21(31)15(2)30(6)23(32)34-24(3,4)5/h13-16H,7-12H2,1-6H3,(H,25,31)(H,26,27,28,29)/t15-/m0/s1. The van der Waals surface area contributed by atoms with Gasteiger partial charge in [0.2, 0.25) is 11.8 Å². The normalized spacial score (nSPS) is 14.6. The molecule has 0 aromatic carbocycles. The van der Waals surface area contributed by atoms with Gasteiger partial charge in [-0.3, -0.25) is 9.69 Å². The molecule has 2 heterocycles. The predicted molar refractivity (Wildman–Crippen MR) is 135 cm³/mol. The highest BCUT2D eigenvalue weighted by Gasteiger charge is 2.26. The summed E-state index contributed by atoms with van der Waals surface area (Å²) in [7, 11) is 1.54. The van der Waals surface area contributed by atoms with E-state index in [1.807, 2.05) is 13.1 Å². The Morgan fingerprint density at radius 3 is 2.66 bits per heavy atom. The summed E-state index contributed by atoms with van der Waals surface area (Å²) in [5, 5.41) is 6.84. The number of carbonyl (C=O) groups excluding carboxylic acids is 2. The second-order valence-electron chi connectivity index (χ2n) is 9.59. The molecule has 0 bridgehead atoms. The lowest BCUT2D eigenvalue weighted by Crippen LogP contribution is -2.48. The number of nitrogens with one attached hydrogen (secondary N) is 2. The van der Waals surface area contributed by atoms with E-state index in [-0.39, 0.29) is 19.1 Å². The van der Waals surface area contributed by atoms with E-state index in [9.17, 15) is 9.59 Å². The van der Waals surface area contributed by atoms with E-state index in [0.717, 1.165) is 5.13 Å². The van der Waals surface area contributed by atoms with Gasteiger partial charge in [0.05, 0.1) is 6.54 Å². The second kappa shape index (κ2) is 11.7. The van der Waals surface area contributed by atoms with E-state index in [1.165, 1.54) is 36.1 Å². The lowest BCUT2D eigenvalue weighted by molar-refractivity contribution is -0.125. The highest BCUT2D eigenvalue weighted by molar-refractivity contribution is 7.15. The Hall–Kier alpha value is -2.95. The average Bonchev–Trinajstić information content (AvgIpc) is 3.20. The first-order valence-electron chi connectivity index (χ1n) is 12.0. The van der Waals surface area contributed by atoms with Crippen molar-refractivity contribution in [2.75, 3.05) is 25.5 Å². The number of aryl methyl sites for hydroxylation is 1. The van der Waals surface area contributed by atoms with Gasteiger partial charge in [0.25, 0.3) is 0 Å². The third kappa shape index (κ3) is 7.78. The fourth-order valence-electron chi connectivity index (χ4n) is 3.25. The Morgan fingerprint density at radius 2 is 2.03 bits per heavy atom. The molecular formula is C24H36N6O4S. The maximum Gasteiger partial charge on any atom is 0.410 e. The van der Waals surface area contributed by atoms with Crippen molar-refractivity contribution < 1.29 is 19.1 Å². The highest BCUT2D eigenvalue weighted by atomic mass is 32.1. The molecule has 1 atom stereocenters. The number of ether oxygens (including phenoxy) is 2. The minimum absolute atomic E-state index is 0.220. The van der Waals surface area contributed by atoms with E-state index in [4.69, 9.17) is 9.47 Å². The number of rotatable bonds is 10. The Morgan fingerprint density at radius 1 is 1.29 bits per heavy atom. The molecule has 3 rings (SSSR count). The zero-order valence-corrected chi connectivity index (χ0v) is 22.2. The zero-order valence-electron chi connectivity index (χ0n) is 21.4. The van der Waals surface area contributed by atoms with Crippen LogP contribution in [0.15, 0.2) is 12.3 Å². The van der Waals surface area contributed by atoms with E-state index in [1.54, 1.807) is 45.1 Å². The van der Waals surface area contributed by atoms with Crippen LogP contribution in [0.25, 0.3) is 0 Å². The third-order valence-corrected chi connectivity index (χ3v) is 6.70. The van der Waals surface area contributed by atoms with Gasteiger partial charge in [-0.2, -0.15) is 4.98 Å². The van der Waals surface area contributed by atoms with Crippen molar-refractivity contribution in [1.29, 1.82) is 0 Å². The predicted octanol–water partition coefficient (Wildman–Crippen LogP) is 4.26. The fourth-order valence-corrected chi connectivity index (χ4v) is 4.24. The van der Waals surface area contributed by atoms with E-state index < -0.39 is 17.7 Å². The lowest BCUT2D eigenvalue weighted by Gasteiger charge is -2.28. The van der Waals surface area contributed by atoms with Crippen molar-refractivity contribution in [2.45, 2.75) is 77.9 Å². The van der Waals surface area contributed by atoms with Crippen LogP contribution < -0.4 is 15.4 Å². The molecule has 0 spiro atoms. The van der Waals surface area contributed by atoms with E-state index in [2.05, 4.69) is 25.6 Å². The fraction of sp³-hybridized carbons (Fsp3) is 0.625. The molecule has 192 valence electrons. The van der Waals surface area contributed by atoms with Crippen LogP contribution in [-0.2, 0) is 16.0 Å². The molecule has 0 saturated heterocycles. The van der Waals surface area contributed by atoms with Gasteiger partial charge in [-0.1, -0.05) is 13.3 Å². The number of carbonyl (C=O) groups is 2. The number of amides is 2. The summed E-state index contributed by atoms with van der Waals surface area (Å²) in [5.41, 5.74) is -0.629. The summed E-state index contributed by atoms with van der Waals surface area (Å²) < 4.78 is 11.1. The van der Waals surface area contributed by atoms with Crippen LogP contribution in [0.3, 0.4) is 0 Å². The van der Waals surface area contributed by atoms with Crippen molar-refractivity contribution in [2.24, 2.45) is 0 Å². The molecule has 0 radical (unpaired) electrons. The smallest absolute Gasteiger partial charge is 0.410 e. The first-order valence-corrected chi connectivity index (χ1v) is 12.8. The molecular weight excluding hydrogens is 468 g/mol.